The van der Waals surface area contributed by atoms with Crippen LogP contribution in [-0.2, 0) is 0 Å². The molecule has 2 saturated heterocycles. The molecule has 1 aromatic heterocycles. The quantitative estimate of drug-likeness (QED) is 0.733. The predicted molar refractivity (Wildman–Crippen MR) is 112 cm³/mol. The maximum absolute atomic E-state index is 13.1. The molecule has 4 rings (SSSR count). The fourth-order valence-corrected chi connectivity index (χ4v) is 5.28. The van der Waals surface area contributed by atoms with Gasteiger partial charge >= 0.3 is 6.03 Å². The number of urea groups is 1. The number of likely N-dealkylation sites (tertiary alicyclic amines) is 1. The van der Waals surface area contributed by atoms with Crippen LogP contribution in [0.25, 0.3) is 11.0 Å². The number of amides is 2. The number of aromatic amines is 1. The summed E-state index contributed by atoms with van der Waals surface area (Å²) < 4.78 is 0. The van der Waals surface area contributed by atoms with Crippen LogP contribution in [0.4, 0.5) is 4.79 Å². The summed E-state index contributed by atoms with van der Waals surface area (Å²) >= 11 is 0. The van der Waals surface area contributed by atoms with Gasteiger partial charge in [0.15, 0.2) is 0 Å². The summed E-state index contributed by atoms with van der Waals surface area (Å²) in [6, 6.07) is 6.48. The number of benzene rings is 1. The van der Waals surface area contributed by atoms with Crippen LogP contribution in [0.2, 0.25) is 0 Å². The molecular weight excluding hydrogens is 350 g/mol. The molecule has 1 unspecified atom stereocenters. The van der Waals surface area contributed by atoms with Gasteiger partial charge in [0, 0.05) is 23.7 Å². The van der Waals surface area contributed by atoms with Crippen molar-refractivity contribution >= 4 is 17.1 Å². The highest BCUT2D eigenvalue weighted by atomic mass is 16.2. The van der Waals surface area contributed by atoms with E-state index in [1.165, 1.54) is 5.56 Å². The van der Waals surface area contributed by atoms with Gasteiger partial charge in [-0.3, -0.25) is 0 Å². The van der Waals surface area contributed by atoms with Crippen LogP contribution in [0, 0.1) is 6.92 Å². The molecule has 2 aliphatic rings. The fraction of sp³-hybridized carbons (Fsp3) is 0.636. The Kier molecular flexibility index (Phi) is 4.65. The Morgan fingerprint density at radius 1 is 1.21 bits per heavy atom. The first kappa shape index (κ1) is 19.2. The molecule has 2 fully saturated rings. The van der Waals surface area contributed by atoms with E-state index in [4.69, 9.17) is 4.98 Å². The van der Waals surface area contributed by atoms with Crippen LogP contribution in [0.15, 0.2) is 18.2 Å². The van der Waals surface area contributed by atoms with Crippen molar-refractivity contribution in [3.63, 3.8) is 0 Å². The van der Waals surface area contributed by atoms with Crippen molar-refractivity contribution in [1.82, 2.24) is 25.5 Å². The summed E-state index contributed by atoms with van der Waals surface area (Å²) in [6.07, 6.45) is 3.84. The average Bonchev–Trinajstić information content (AvgIpc) is 3.17. The Morgan fingerprint density at radius 2 is 1.93 bits per heavy atom. The summed E-state index contributed by atoms with van der Waals surface area (Å²) in [5.74, 6) is 0.902. The molecule has 1 aromatic carbocycles. The lowest BCUT2D eigenvalue weighted by Gasteiger charge is -2.47. The molecule has 0 spiro atoms. The van der Waals surface area contributed by atoms with Crippen LogP contribution in [0.3, 0.4) is 0 Å². The first-order valence-corrected chi connectivity index (χ1v) is 10.4. The van der Waals surface area contributed by atoms with E-state index < -0.39 is 0 Å². The number of nitrogens with one attached hydrogen (secondary N) is 3. The van der Waals surface area contributed by atoms with Crippen molar-refractivity contribution < 1.29 is 4.79 Å². The van der Waals surface area contributed by atoms with Gasteiger partial charge in [-0.15, -0.1) is 0 Å². The van der Waals surface area contributed by atoms with Crippen LogP contribution in [0.1, 0.15) is 70.8 Å². The van der Waals surface area contributed by atoms with E-state index in [1.807, 2.05) is 11.0 Å². The SMILES string of the molecule is Cc1ccc2nc(C3CCCN3C(=O)NC3CC(C)(C)NC(C)(C)C3)[nH]c2c1. The summed E-state index contributed by atoms with van der Waals surface area (Å²) in [7, 11) is 0. The number of carbonyl (C=O) groups is 1. The van der Waals surface area contributed by atoms with Crippen LogP contribution in [-0.4, -0.2) is 44.6 Å². The van der Waals surface area contributed by atoms with Gasteiger partial charge in [0.05, 0.1) is 17.1 Å². The molecule has 6 nitrogen and oxygen atoms in total. The van der Waals surface area contributed by atoms with Gasteiger partial charge in [-0.25, -0.2) is 9.78 Å². The minimum absolute atomic E-state index is 0.0146. The molecule has 0 radical (unpaired) electrons. The number of hydrogen-bond acceptors (Lipinski definition) is 3. The summed E-state index contributed by atoms with van der Waals surface area (Å²) in [4.78, 5) is 23.3. The maximum Gasteiger partial charge on any atom is 0.318 e. The zero-order valence-corrected chi connectivity index (χ0v) is 17.7. The van der Waals surface area contributed by atoms with E-state index in [9.17, 15) is 4.79 Å². The van der Waals surface area contributed by atoms with Crippen molar-refractivity contribution in [1.29, 1.82) is 0 Å². The Morgan fingerprint density at radius 3 is 2.64 bits per heavy atom. The van der Waals surface area contributed by atoms with Crippen molar-refractivity contribution in [2.45, 2.75) is 83.5 Å². The standard InChI is InChI=1S/C22H33N5O/c1-14-8-9-16-17(11-14)25-19(24-16)18-7-6-10-27(18)20(28)23-15-12-21(2,3)26-22(4,5)13-15/h8-9,11,15,18,26H,6-7,10,12-13H2,1-5H3,(H,23,28)(H,24,25). The Hall–Kier alpha value is -2.08. The highest BCUT2D eigenvalue weighted by molar-refractivity contribution is 5.77. The van der Waals surface area contributed by atoms with Gasteiger partial charge in [0.1, 0.15) is 5.82 Å². The van der Waals surface area contributed by atoms with E-state index in [0.29, 0.717) is 0 Å². The largest absolute Gasteiger partial charge is 0.340 e. The molecule has 3 heterocycles. The number of aryl methyl sites for hydroxylation is 1. The third-order valence-electron chi connectivity index (χ3n) is 6.00. The van der Waals surface area contributed by atoms with Crippen molar-refractivity contribution in [2.24, 2.45) is 0 Å². The van der Waals surface area contributed by atoms with Gasteiger partial charge in [0.2, 0.25) is 0 Å². The van der Waals surface area contributed by atoms with Gasteiger partial charge < -0.3 is 20.5 Å². The molecule has 3 N–H and O–H groups in total. The monoisotopic (exact) mass is 383 g/mol. The highest BCUT2D eigenvalue weighted by Crippen LogP contribution is 2.33. The molecule has 1 atom stereocenters. The smallest absolute Gasteiger partial charge is 0.318 e. The van der Waals surface area contributed by atoms with Gasteiger partial charge in [-0.05, 0) is 78.0 Å². The topological polar surface area (TPSA) is 73.1 Å². The molecule has 2 aromatic rings. The number of H-pyrrole nitrogens is 1. The lowest BCUT2D eigenvalue weighted by Crippen LogP contribution is -2.62. The zero-order valence-electron chi connectivity index (χ0n) is 17.7. The van der Waals surface area contributed by atoms with Crippen LogP contribution < -0.4 is 10.6 Å². The molecule has 2 amide bonds. The number of nitrogens with zero attached hydrogens (tertiary/aromatic N) is 2. The predicted octanol–water partition coefficient (Wildman–Crippen LogP) is 4.03. The van der Waals surface area contributed by atoms with Gasteiger partial charge in [-0.1, -0.05) is 6.07 Å². The minimum Gasteiger partial charge on any atom is -0.340 e. The molecule has 6 heteroatoms. The second-order valence-corrected chi connectivity index (χ2v) is 9.94. The highest BCUT2D eigenvalue weighted by Gasteiger charge is 2.40. The average molecular weight is 384 g/mol. The van der Waals surface area contributed by atoms with Gasteiger partial charge in [-0.2, -0.15) is 0 Å². The first-order chi connectivity index (χ1) is 13.1. The molecule has 0 aliphatic carbocycles. The third-order valence-corrected chi connectivity index (χ3v) is 6.00. The first-order valence-electron chi connectivity index (χ1n) is 10.4. The summed E-state index contributed by atoms with van der Waals surface area (Å²) in [5, 5.41) is 7.00. The number of carbonyl (C=O) groups excluding carboxylic acids is 1. The Labute approximate surface area is 167 Å². The molecule has 28 heavy (non-hydrogen) atoms. The van der Waals surface area contributed by atoms with E-state index in [0.717, 1.165) is 49.1 Å². The summed E-state index contributed by atoms with van der Waals surface area (Å²) in [6.45, 7) is 11.7. The molecular formula is C22H33N5O. The number of piperidine rings is 1. The lowest BCUT2D eigenvalue weighted by molar-refractivity contribution is 0.137. The molecule has 0 bridgehead atoms. The number of aromatic nitrogens is 2. The Bertz CT molecular complexity index is 868. The lowest BCUT2D eigenvalue weighted by atomic mass is 9.79. The third kappa shape index (κ3) is 3.88. The van der Waals surface area contributed by atoms with E-state index in [1.54, 1.807) is 0 Å². The molecule has 152 valence electrons. The second kappa shape index (κ2) is 6.76. The molecule has 2 aliphatic heterocycles. The number of rotatable bonds is 2. The maximum atomic E-state index is 13.1. The normalized spacial score (nSPS) is 24.6. The molecule has 0 saturated carbocycles. The van der Waals surface area contributed by atoms with Crippen molar-refractivity contribution in [3.8, 4) is 0 Å². The number of fused-ring (bicyclic) bond motifs is 1. The van der Waals surface area contributed by atoms with Gasteiger partial charge in [0.25, 0.3) is 0 Å². The van der Waals surface area contributed by atoms with E-state index in [2.05, 4.69) is 62.4 Å². The zero-order chi connectivity index (χ0) is 20.1. The van der Waals surface area contributed by atoms with Crippen molar-refractivity contribution in [3.05, 3.63) is 29.6 Å². The van der Waals surface area contributed by atoms with Crippen LogP contribution in [0.5, 0.6) is 0 Å². The van der Waals surface area contributed by atoms with Crippen molar-refractivity contribution in [2.75, 3.05) is 6.54 Å². The summed E-state index contributed by atoms with van der Waals surface area (Å²) in [5.41, 5.74) is 3.25. The minimum atomic E-state index is 0.0146. The number of imidazole rings is 1. The Balaban J connectivity index is 1.50. The van der Waals surface area contributed by atoms with Crippen LogP contribution >= 0.6 is 0 Å². The fourth-order valence-electron chi connectivity index (χ4n) is 5.28. The van der Waals surface area contributed by atoms with E-state index >= 15 is 0 Å². The number of hydrogen-bond donors (Lipinski definition) is 3. The second-order valence-electron chi connectivity index (χ2n) is 9.94. The van der Waals surface area contributed by atoms with E-state index in [-0.39, 0.29) is 29.2 Å².